The number of benzene rings is 1. The van der Waals surface area contributed by atoms with Gasteiger partial charge in [0, 0.05) is 44.9 Å². The Labute approximate surface area is 163 Å². The lowest BCUT2D eigenvalue weighted by Crippen LogP contribution is -2.41. The minimum absolute atomic E-state index is 0.0342. The van der Waals surface area contributed by atoms with Crippen molar-refractivity contribution in [2.24, 2.45) is 5.92 Å². The molecule has 1 aliphatic carbocycles. The predicted octanol–water partition coefficient (Wildman–Crippen LogP) is 3.56. The molecular formula is C20H23ClN4O2. The van der Waals surface area contributed by atoms with Gasteiger partial charge >= 0.3 is 6.09 Å². The van der Waals surface area contributed by atoms with Gasteiger partial charge in [0.25, 0.3) is 0 Å². The number of rotatable bonds is 4. The maximum Gasteiger partial charge on any atom is 0.410 e. The van der Waals surface area contributed by atoms with Crippen molar-refractivity contribution in [3.63, 3.8) is 0 Å². The molecule has 0 unspecified atom stereocenters. The van der Waals surface area contributed by atoms with Crippen LogP contribution in [0.5, 0.6) is 0 Å². The summed E-state index contributed by atoms with van der Waals surface area (Å²) >= 11 is 6.02. The van der Waals surface area contributed by atoms with Gasteiger partial charge in [-0.2, -0.15) is 0 Å². The molecule has 0 saturated carbocycles. The van der Waals surface area contributed by atoms with Crippen LogP contribution in [0.1, 0.15) is 24.0 Å². The highest BCUT2D eigenvalue weighted by atomic mass is 35.5. The summed E-state index contributed by atoms with van der Waals surface area (Å²) < 4.78 is 5.75. The Morgan fingerprint density at radius 1 is 1.15 bits per heavy atom. The van der Waals surface area contributed by atoms with E-state index in [1.165, 1.54) is 11.1 Å². The summed E-state index contributed by atoms with van der Waals surface area (Å²) in [5.74, 6) is 1.09. The predicted molar refractivity (Wildman–Crippen MR) is 104 cm³/mol. The lowest BCUT2D eigenvalue weighted by Gasteiger charge is -2.32. The molecule has 1 saturated heterocycles. The molecule has 1 fully saturated rings. The molecular weight excluding hydrogens is 364 g/mol. The number of hydrogen-bond acceptors (Lipinski definition) is 5. The van der Waals surface area contributed by atoms with Gasteiger partial charge in [0.2, 0.25) is 0 Å². The lowest BCUT2D eigenvalue weighted by molar-refractivity contribution is 0.0571. The topological polar surface area (TPSA) is 67.3 Å². The molecule has 0 atom stereocenters. The molecule has 0 spiro atoms. The van der Waals surface area contributed by atoms with Crippen molar-refractivity contribution < 1.29 is 9.53 Å². The number of carbonyl (C=O) groups is 1. The zero-order chi connectivity index (χ0) is 18.6. The van der Waals surface area contributed by atoms with E-state index < -0.39 is 0 Å². The molecule has 1 aliphatic heterocycles. The molecule has 2 aromatic rings. The molecule has 2 heterocycles. The largest absolute Gasteiger partial charge is 0.445 e. The Hall–Kier alpha value is -2.34. The second-order valence-electron chi connectivity index (χ2n) is 7.19. The quantitative estimate of drug-likeness (QED) is 0.870. The number of anilines is 1. The molecule has 1 aromatic carbocycles. The Morgan fingerprint density at radius 3 is 2.48 bits per heavy atom. The zero-order valence-corrected chi connectivity index (χ0v) is 15.9. The highest BCUT2D eigenvalue weighted by molar-refractivity contribution is 6.31. The van der Waals surface area contributed by atoms with Gasteiger partial charge in [-0.1, -0.05) is 35.9 Å². The van der Waals surface area contributed by atoms with Gasteiger partial charge < -0.3 is 15.0 Å². The highest BCUT2D eigenvalue weighted by Gasteiger charge is 2.29. The van der Waals surface area contributed by atoms with E-state index in [0.717, 1.165) is 45.3 Å². The van der Waals surface area contributed by atoms with Crippen LogP contribution in [0.2, 0.25) is 5.15 Å². The number of aromatic nitrogens is 2. The number of likely N-dealkylation sites (tertiary alicyclic amines) is 1. The number of carbonyl (C=O) groups excluding carboxylic acids is 1. The number of halogens is 1. The van der Waals surface area contributed by atoms with E-state index in [4.69, 9.17) is 16.3 Å². The van der Waals surface area contributed by atoms with Crippen LogP contribution in [0.25, 0.3) is 0 Å². The third-order valence-electron chi connectivity index (χ3n) is 5.37. The van der Waals surface area contributed by atoms with Crippen molar-refractivity contribution in [3.05, 3.63) is 52.9 Å². The van der Waals surface area contributed by atoms with Gasteiger partial charge in [0.1, 0.15) is 6.10 Å². The second kappa shape index (κ2) is 8.13. The van der Waals surface area contributed by atoms with Gasteiger partial charge in [-0.25, -0.2) is 14.8 Å². The number of piperidine rings is 1. The van der Waals surface area contributed by atoms with E-state index >= 15 is 0 Å². The highest BCUT2D eigenvalue weighted by Crippen LogP contribution is 2.25. The zero-order valence-electron chi connectivity index (χ0n) is 15.1. The molecule has 1 amide bonds. The number of amides is 1. The Morgan fingerprint density at radius 2 is 1.81 bits per heavy atom. The normalized spacial score (nSPS) is 17.6. The van der Waals surface area contributed by atoms with Crippen LogP contribution in [0.3, 0.4) is 0 Å². The number of nitrogens with zero attached hydrogens (tertiary/aromatic N) is 3. The molecule has 6 nitrogen and oxygen atoms in total. The van der Waals surface area contributed by atoms with E-state index in [1.807, 2.05) is 17.0 Å². The van der Waals surface area contributed by atoms with Crippen LogP contribution < -0.4 is 5.32 Å². The third kappa shape index (κ3) is 4.33. The van der Waals surface area contributed by atoms with Gasteiger partial charge in [-0.05, 0) is 29.9 Å². The van der Waals surface area contributed by atoms with E-state index in [2.05, 4.69) is 27.4 Å². The molecule has 142 valence electrons. The Bertz CT molecular complexity index is 783. The molecule has 27 heavy (non-hydrogen) atoms. The molecule has 0 radical (unpaired) electrons. The van der Waals surface area contributed by atoms with Crippen molar-refractivity contribution in [1.29, 1.82) is 0 Å². The average molecular weight is 387 g/mol. The molecule has 0 bridgehead atoms. The third-order valence-corrected chi connectivity index (χ3v) is 5.64. The molecule has 2 aliphatic rings. The van der Waals surface area contributed by atoms with Crippen molar-refractivity contribution in [3.8, 4) is 0 Å². The van der Waals surface area contributed by atoms with Crippen molar-refractivity contribution >= 4 is 23.5 Å². The summed E-state index contributed by atoms with van der Waals surface area (Å²) in [4.78, 5) is 22.5. The van der Waals surface area contributed by atoms with Crippen molar-refractivity contribution in [2.45, 2.75) is 31.8 Å². The first-order valence-electron chi connectivity index (χ1n) is 9.42. The smallest absolute Gasteiger partial charge is 0.410 e. The van der Waals surface area contributed by atoms with Crippen LogP contribution in [0.4, 0.5) is 10.6 Å². The molecule has 4 rings (SSSR count). The van der Waals surface area contributed by atoms with E-state index in [0.29, 0.717) is 16.9 Å². The fourth-order valence-electron chi connectivity index (χ4n) is 3.82. The summed E-state index contributed by atoms with van der Waals surface area (Å²) in [7, 11) is 0. The second-order valence-corrected chi connectivity index (χ2v) is 7.55. The fraction of sp³-hybridized carbons (Fsp3) is 0.450. The van der Waals surface area contributed by atoms with Gasteiger partial charge in [-0.15, -0.1) is 0 Å². The summed E-state index contributed by atoms with van der Waals surface area (Å²) in [5, 5.41) is 3.64. The average Bonchev–Trinajstić information content (AvgIpc) is 3.10. The van der Waals surface area contributed by atoms with Crippen LogP contribution in [-0.4, -0.2) is 46.7 Å². The standard InChI is InChI=1S/C20H23ClN4O2/c21-18-19(23-8-7-22-18)24-13-14-5-9-25(10-6-14)20(26)27-17-11-15-3-1-2-4-16(15)12-17/h1-4,7-8,14,17H,5-6,9-13H2,(H,23,24). The maximum atomic E-state index is 12.5. The van der Waals surface area contributed by atoms with Crippen LogP contribution in [0.15, 0.2) is 36.7 Å². The Balaban J connectivity index is 1.21. The van der Waals surface area contributed by atoms with Gasteiger partial charge in [-0.3, -0.25) is 0 Å². The minimum Gasteiger partial charge on any atom is -0.445 e. The molecule has 1 aromatic heterocycles. The Kier molecular flexibility index (Phi) is 5.43. The van der Waals surface area contributed by atoms with Crippen LogP contribution in [-0.2, 0) is 17.6 Å². The summed E-state index contributed by atoms with van der Waals surface area (Å²) in [6.45, 7) is 2.22. The lowest BCUT2D eigenvalue weighted by atomic mass is 9.97. The monoisotopic (exact) mass is 386 g/mol. The number of hydrogen-bond donors (Lipinski definition) is 1. The van der Waals surface area contributed by atoms with Crippen molar-refractivity contribution in [2.75, 3.05) is 25.0 Å². The minimum atomic E-state index is -0.184. The first kappa shape index (κ1) is 18.0. The maximum absolute atomic E-state index is 12.5. The van der Waals surface area contributed by atoms with Gasteiger partial charge in [0.15, 0.2) is 11.0 Å². The van der Waals surface area contributed by atoms with Crippen LogP contribution >= 0.6 is 11.6 Å². The first-order chi connectivity index (χ1) is 13.2. The summed E-state index contributed by atoms with van der Waals surface area (Å²) in [5.41, 5.74) is 2.59. The van der Waals surface area contributed by atoms with Crippen molar-refractivity contribution in [1.82, 2.24) is 14.9 Å². The summed E-state index contributed by atoms with van der Waals surface area (Å²) in [6, 6.07) is 8.31. The first-order valence-corrected chi connectivity index (χ1v) is 9.79. The summed E-state index contributed by atoms with van der Waals surface area (Å²) in [6.07, 6.45) is 6.48. The molecule has 7 heteroatoms. The van der Waals surface area contributed by atoms with E-state index in [1.54, 1.807) is 12.4 Å². The van der Waals surface area contributed by atoms with Crippen LogP contribution in [0, 0.1) is 5.92 Å². The number of nitrogens with one attached hydrogen (secondary N) is 1. The van der Waals surface area contributed by atoms with Gasteiger partial charge in [0.05, 0.1) is 0 Å². The number of fused-ring (bicyclic) bond motifs is 1. The van der Waals surface area contributed by atoms with E-state index in [9.17, 15) is 4.79 Å². The molecule has 1 N–H and O–H groups in total. The SMILES string of the molecule is O=C(OC1Cc2ccccc2C1)N1CCC(CNc2nccnc2Cl)CC1. The fourth-order valence-corrected chi connectivity index (χ4v) is 3.99. The van der Waals surface area contributed by atoms with E-state index in [-0.39, 0.29) is 12.2 Å². The number of ether oxygens (including phenoxy) is 1.